The molecule has 0 radical (unpaired) electrons. The Labute approximate surface area is 118 Å². The van der Waals surface area contributed by atoms with E-state index in [1.165, 1.54) is 0 Å². The Hall–Kier alpha value is -2.14. The molecule has 2 aromatic rings. The zero-order valence-corrected chi connectivity index (χ0v) is 11.9. The van der Waals surface area contributed by atoms with Gasteiger partial charge in [0, 0.05) is 18.5 Å². The van der Waals surface area contributed by atoms with Gasteiger partial charge in [0.15, 0.2) is 0 Å². The molecule has 0 aliphatic heterocycles. The van der Waals surface area contributed by atoms with Crippen molar-refractivity contribution in [3.63, 3.8) is 0 Å². The van der Waals surface area contributed by atoms with Crippen LogP contribution in [0.1, 0.15) is 30.6 Å². The summed E-state index contributed by atoms with van der Waals surface area (Å²) in [4.78, 5) is 18.9. The van der Waals surface area contributed by atoms with Gasteiger partial charge in [-0.1, -0.05) is 25.1 Å². The van der Waals surface area contributed by atoms with Crippen LogP contribution in [-0.2, 0) is 0 Å². The molecular formula is C15H20N4O. The van der Waals surface area contributed by atoms with Crippen LogP contribution in [0.2, 0.25) is 0 Å². The highest BCUT2D eigenvalue weighted by molar-refractivity contribution is 6.06. The van der Waals surface area contributed by atoms with Crippen molar-refractivity contribution in [2.24, 2.45) is 5.84 Å². The minimum atomic E-state index is 0.0180. The summed E-state index contributed by atoms with van der Waals surface area (Å²) < 4.78 is 0. The molecule has 1 aromatic carbocycles. The summed E-state index contributed by atoms with van der Waals surface area (Å²) in [6.07, 6.45) is 0.935. The molecule has 0 unspecified atom stereocenters. The molecule has 5 heteroatoms. The second-order valence-corrected chi connectivity index (χ2v) is 4.60. The Morgan fingerprint density at radius 2 is 2.10 bits per heavy atom. The Morgan fingerprint density at radius 1 is 1.35 bits per heavy atom. The predicted molar refractivity (Wildman–Crippen MR) is 81.4 cm³/mol. The first kappa shape index (κ1) is 14.3. The fourth-order valence-corrected chi connectivity index (χ4v) is 2.27. The monoisotopic (exact) mass is 272 g/mol. The minimum Gasteiger partial charge on any atom is -0.339 e. The lowest BCUT2D eigenvalue weighted by molar-refractivity contribution is 0.0766. The number of hydrogen-bond acceptors (Lipinski definition) is 4. The van der Waals surface area contributed by atoms with Crippen molar-refractivity contribution in [3.8, 4) is 0 Å². The van der Waals surface area contributed by atoms with E-state index in [0.29, 0.717) is 17.9 Å². The second kappa shape index (κ2) is 6.34. The zero-order valence-electron chi connectivity index (χ0n) is 11.9. The van der Waals surface area contributed by atoms with Gasteiger partial charge < -0.3 is 10.3 Å². The van der Waals surface area contributed by atoms with Crippen LogP contribution < -0.4 is 11.3 Å². The van der Waals surface area contributed by atoms with E-state index in [9.17, 15) is 4.79 Å². The van der Waals surface area contributed by atoms with Crippen molar-refractivity contribution in [2.75, 3.05) is 18.5 Å². The number of para-hydroxylation sites is 1. The largest absolute Gasteiger partial charge is 0.339 e. The lowest BCUT2D eigenvalue weighted by Gasteiger charge is -2.21. The SMILES string of the molecule is CCCN(CC)C(=O)c1cc(NN)nc2ccccc12. The van der Waals surface area contributed by atoms with Gasteiger partial charge in [-0.05, 0) is 25.5 Å². The summed E-state index contributed by atoms with van der Waals surface area (Å²) in [5, 5.41) is 0.853. The number of amides is 1. The van der Waals surface area contributed by atoms with E-state index in [2.05, 4.69) is 17.3 Å². The summed E-state index contributed by atoms with van der Waals surface area (Å²) in [6.45, 7) is 5.48. The number of nitrogens with zero attached hydrogens (tertiary/aromatic N) is 2. The molecule has 0 aliphatic rings. The number of fused-ring (bicyclic) bond motifs is 1. The maximum absolute atomic E-state index is 12.7. The topological polar surface area (TPSA) is 71.2 Å². The van der Waals surface area contributed by atoms with Gasteiger partial charge in [0.25, 0.3) is 5.91 Å². The summed E-state index contributed by atoms with van der Waals surface area (Å²) in [7, 11) is 0. The van der Waals surface area contributed by atoms with Gasteiger partial charge in [-0.25, -0.2) is 10.8 Å². The smallest absolute Gasteiger partial charge is 0.254 e. The number of hydrogen-bond donors (Lipinski definition) is 2. The van der Waals surface area contributed by atoms with Crippen molar-refractivity contribution in [1.82, 2.24) is 9.88 Å². The molecule has 0 fully saturated rings. The fraction of sp³-hybridized carbons (Fsp3) is 0.333. The molecule has 0 spiro atoms. The van der Waals surface area contributed by atoms with Gasteiger partial charge in [-0.2, -0.15) is 0 Å². The van der Waals surface area contributed by atoms with Gasteiger partial charge in [0.2, 0.25) is 0 Å². The number of nitrogens with one attached hydrogen (secondary N) is 1. The Kier molecular flexibility index (Phi) is 4.53. The quantitative estimate of drug-likeness (QED) is 0.647. The van der Waals surface area contributed by atoms with Crippen LogP contribution in [-0.4, -0.2) is 28.9 Å². The van der Waals surface area contributed by atoms with Crippen LogP contribution in [0.25, 0.3) is 10.9 Å². The van der Waals surface area contributed by atoms with Crippen LogP contribution in [0, 0.1) is 0 Å². The van der Waals surface area contributed by atoms with E-state index in [1.807, 2.05) is 36.1 Å². The van der Waals surface area contributed by atoms with Crippen LogP contribution in [0.3, 0.4) is 0 Å². The van der Waals surface area contributed by atoms with Gasteiger partial charge in [0.1, 0.15) is 5.82 Å². The average molecular weight is 272 g/mol. The molecule has 0 aliphatic carbocycles. The number of pyridine rings is 1. The molecule has 106 valence electrons. The summed E-state index contributed by atoms with van der Waals surface area (Å²) >= 11 is 0. The number of anilines is 1. The number of rotatable bonds is 5. The normalized spacial score (nSPS) is 10.6. The molecule has 0 atom stereocenters. The summed E-state index contributed by atoms with van der Waals surface area (Å²) in [5.41, 5.74) is 3.92. The number of benzene rings is 1. The van der Waals surface area contributed by atoms with Gasteiger partial charge in [-0.3, -0.25) is 4.79 Å². The highest BCUT2D eigenvalue weighted by Gasteiger charge is 2.17. The lowest BCUT2D eigenvalue weighted by Crippen LogP contribution is -2.31. The van der Waals surface area contributed by atoms with E-state index in [0.717, 1.165) is 23.9 Å². The first-order valence-corrected chi connectivity index (χ1v) is 6.86. The lowest BCUT2D eigenvalue weighted by atomic mass is 10.1. The third-order valence-electron chi connectivity index (χ3n) is 3.26. The number of nitrogen functional groups attached to an aromatic ring is 1. The Balaban J connectivity index is 2.54. The van der Waals surface area contributed by atoms with Crippen LogP contribution in [0.4, 0.5) is 5.82 Å². The van der Waals surface area contributed by atoms with Gasteiger partial charge in [0.05, 0.1) is 11.1 Å². The first-order chi connectivity index (χ1) is 9.71. The highest BCUT2D eigenvalue weighted by Crippen LogP contribution is 2.22. The van der Waals surface area contributed by atoms with Crippen molar-refractivity contribution in [2.45, 2.75) is 20.3 Å². The molecule has 1 heterocycles. The van der Waals surface area contributed by atoms with E-state index >= 15 is 0 Å². The summed E-state index contributed by atoms with van der Waals surface area (Å²) in [6, 6.07) is 9.31. The van der Waals surface area contributed by atoms with E-state index in [1.54, 1.807) is 6.07 Å². The maximum Gasteiger partial charge on any atom is 0.254 e. The standard InChI is InChI=1S/C15H20N4O/c1-3-9-19(4-2)15(20)12-10-14(18-16)17-13-8-6-5-7-11(12)13/h5-8,10H,3-4,9,16H2,1-2H3,(H,17,18). The second-order valence-electron chi connectivity index (χ2n) is 4.60. The van der Waals surface area contributed by atoms with Gasteiger partial charge >= 0.3 is 0 Å². The third-order valence-corrected chi connectivity index (χ3v) is 3.26. The molecule has 0 saturated heterocycles. The molecule has 3 N–H and O–H groups in total. The summed E-state index contributed by atoms with van der Waals surface area (Å²) in [5.74, 6) is 5.96. The predicted octanol–water partition coefficient (Wildman–Crippen LogP) is 2.39. The Morgan fingerprint density at radius 3 is 2.75 bits per heavy atom. The first-order valence-electron chi connectivity index (χ1n) is 6.86. The van der Waals surface area contributed by atoms with Crippen LogP contribution in [0.5, 0.6) is 0 Å². The molecule has 1 aromatic heterocycles. The third kappa shape index (κ3) is 2.72. The maximum atomic E-state index is 12.7. The number of aromatic nitrogens is 1. The average Bonchev–Trinajstić information content (AvgIpc) is 2.50. The molecule has 20 heavy (non-hydrogen) atoms. The molecule has 0 bridgehead atoms. The number of carbonyl (C=O) groups excluding carboxylic acids is 1. The van der Waals surface area contributed by atoms with Crippen molar-refractivity contribution < 1.29 is 4.79 Å². The van der Waals surface area contributed by atoms with Crippen molar-refractivity contribution in [1.29, 1.82) is 0 Å². The molecule has 5 nitrogen and oxygen atoms in total. The fourth-order valence-electron chi connectivity index (χ4n) is 2.27. The van der Waals surface area contributed by atoms with Crippen LogP contribution in [0.15, 0.2) is 30.3 Å². The van der Waals surface area contributed by atoms with Gasteiger partial charge in [-0.15, -0.1) is 0 Å². The number of nitrogens with two attached hydrogens (primary N) is 1. The minimum absolute atomic E-state index is 0.0180. The molecule has 1 amide bonds. The van der Waals surface area contributed by atoms with Crippen molar-refractivity contribution in [3.05, 3.63) is 35.9 Å². The number of hydrazine groups is 1. The van der Waals surface area contributed by atoms with Crippen LogP contribution >= 0.6 is 0 Å². The zero-order chi connectivity index (χ0) is 14.5. The number of carbonyl (C=O) groups is 1. The van der Waals surface area contributed by atoms with E-state index in [4.69, 9.17) is 5.84 Å². The van der Waals surface area contributed by atoms with E-state index in [-0.39, 0.29) is 5.91 Å². The molecular weight excluding hydrogens is 252 g/mol. The highest BCUT2D eigenvalue weighted by atomic mass is 16.2. The Bertz CT molecular complexity index is 612. The molecule has 0 saturated carbocycles. The van der Waals surface area contributed by atoms with E-state index < -0.39 is 0 Å². The molecule has 2 rings (SSSR count). The van der Waals surface area contributed by atoms with Crippen molar-refractivity contribution >= 4 is 22.6 Å².